The Bertz CT molecular complexity index is 1010. The maximum Gasteiger partial charge on any atom is -0.0292 e. The van der Waals surface area contributed by atoms with E-state index in [0.717, 1.165) is 118 Å². The van der Waals surface area contributed by atoms with E-state index in [4.69, 9.17) is 0 Å². The molecule has 1 fully saturated rings. The fourth-order valence-corrected chi connectivity index (χ4v) is 11.8. The summed E-state index contributed by atoms with van der Waals surface area (Å²) in [6.07, 6.45) is 25.4. The molecule has 0 spiro atoms. The number of hydrogen-bond acceptors (Lipinski definition) is 0. The molecule has 0 radical (unpaired) electrons. The molecule has 0 aliphatic heterocycles. The lowest BCUT2D eigenvalue weighted by atomic mass is 9.78. The second-order valence-electron chi connectivity index (χ2n) is 32.3. The van der Waals surface area contributed by atoms with E-state index in [1.165, 1.54) is 116 Å². The standard InChI is InChI=1S/C12H26.C11H22.2C11H24.2C10H22.C9H20/c1-9(2)7-8-12(10(3)4)11(5)6;1-9(2)7-11(5-6-11)8-10(3)4;1-9(2)7-11(5,6)8-10(3)4;1-6-11(10(4)5)8-7-9(2)3;1-8(2)6-10(5)7-9(3)4;1-8(2)6-7-10(5)9(3)4;1-8(2)6-5-7-9(3)4/h9-12H,7-8H2,1-6H3;9-10H,5-8H2,1-4H3;9-10H,7-8H2,1-6H3;9-11H,6-8H2,1-5H3;2*8-10H,6-7H2,1-5H3;8-9H,5-7H2,1-4H3. The van der Waals surface area contributed by atoms with Crippen LogP contribution < -0.4 is 0 Å². The van der Waals surface area contributed by atoms with E-state index in [1.807, 2.05) is 0 Å². The Morgan fingerprint density at radius 2 is 0.649 bits per heavy atom. The molecule has 0 saturated heterocycles. The highest BCUT2D eigenvalue weighted by Crippen LogP contribution is 2.55. The van der Waals surface area contributed by atoms with E-state index in [0.29, 0.717) is 5.41 Å². The molecule has 1 aliphatic carbocycles. The summed E-state index contributed by atoms with van der Waals surface area (Å²) in [6, 6.07) is 0. The molecule has 0 heteroatoms. The van der Waals surface area contributed by atoms with E-state index in [2.05, 4.69) is 242 Å². The second-order valence-corrected chi connectivity index (χ2v) is 32.3. The van der Waals surface area contributed by atoms with Gasteiger partial charge in [-0.3, -0.25) is 0 Å². The maximum atomic E-state index is 2.38. The van der Waals surface area contributed by atoms with Gasteiger partial charge in [-0.05, 0) is 187 Å². The maximum absolute atomic E-state index is 2.38. The highest BCUT2D eigenvalue weighted by molar-refractivity contribution is 4.94. The molecule has 0 amide bonds. The molecular formula is C74H160. The monoisotopic (exact) mass is 1050 g/mol. The molecule has 1 saturated carbocycles. The Labute approximate surface area is 478 Å². The first kappa shape index (κ1) is 85.3. The average Bonchev–Trinajstić information content (AvgIpc) is 3.93. The molecule has 0 bridgehead atoms. The normalized spacial score (nSPS) is 14.3. The Balaban J connectivity index is -0.000000183. The van der Waals surface area contributed by atoms with Crippen molar-refractivity contribution >= 4 is 0 Å². The van der Waals surface area contributed by atoms with Gasteiger partial charge in [0.25, 0.3) is 0 Å². The van der Waals surface area contributed by atoms with E-state index in [-0.39, 0.29) is 0 Å². The van der Waals surface area contributed by atoms with Crippen LogP contribution in [0, 0.1) is 123 Å². The van der Waals surface area contributed by atoms with Crippen molar-refractivity contribution in [1.29, 1.82) is 0 Å². The average molecular weight is 1050 g/mol. The predicted molar refractivity (Wildman–Crippen MR) is 353 cm³/mol. The molecule has 0 aromatic rings. The largest absolute Gasteiger partial charge is 0.0651 e. The van der Waals surface area contributed by atoms with Gasteiger partial charge in [0.1, 0.15) is 0 Å². The summed E-state index contributed by atoms with van der Waals surface area (Å²) in [6.45, 7) is 81.4. The Hall–Kier alpha value is 0. The van der Waals surface area contributed by atoms with Crippen LogP contribution in [-0.2, 0) is 0 Å². The molecule has 2 atom stereocenters. The highest BCUT2D eigenvalue weighted by atomic mass is 14.5. The van der Waals surface area contributed by atoms with Gasteiger partial charge in [-0.15, -0.1) is 0 Å². The number of hydrogen-bond donors (Lipinski definition) is 0. The van der Waals surface area contributed by atoms with Crippen molar-refractivity contribution < 1.29 is 0 Å². The van der Waals surface area contributed by atoms with Crippen LogP contribution in [0.5, 0.6) is 0 Å². The van der Waals surface area contributed by atoms with Crippen molar-refractivity contribution in [3.8, 4) is 0 Å². The summed E-state index contributed by atoms with van der Waals surface area (Å²) >= 11 is 0. The SMILES string of the molecule is CC(C)CC(C)(C)CC(C)C.CC(C)CC(C)CC(C)C.CC(C)CC1(CC(C)C)CC1.CC(C)CCC(C(C)C)C(C)C.CC(C)CCC(C)C(C)C.CC(C)CCCC(C)C.CCC(CCC(C)C)C(C)C. The third kappa shape index (κ3) is 70.0. The molecule has 0 heterocycles. The van der Waals surface area contributed by atoms with Crippen LogP contribution in [0.4, 0.5) is 0 Å². The molecule has 1 rings (SSSR count). The topological polar surface area (TPSA) is 0 Å². The summed E-state index contributed by atoms with van der Waals surface area (Å²) in [5, 5.41) is 0. The van der Waals surface area contributed by atoms with Crippen LogP contribution in [0.25, 0.3) is 0 Å². The van der Waals surface area contributed by atoms with Crippen LogP contribution in [-0.4, -0.2) is 0 Å². The number of rotatable bonds is 30. The van der Waals surface area contributed by atoms with Crippen molar-refractivity contribution in [1.82, 2.24) is 0 Å². The first-order valence-corrected chi connectivity index (χ1v) is 33.6. The first-order chi connectivity index (χ1) is 33.6. The van der Waals surface area contributed by atoms with Crippen molar-refractivity contribution in [3.05, 3.63) is 0 Å². The van der Waals surface area contributed by atoms with E-state index >= 15 is 0 Å². The summed E-state index contributed by atoms with van der Waals surface area (Å²) in [5.41, 5.74) is 1.34. The molecular weight excluding hydrogens is 889 g/mol. The first-order valence-electron chi connectivity index (χ1n) is 33.6. The summed E-state index contributed by atoms with van der Waals surface area (Å²) < 4.78 is 0. The van der Waals surface area contributed by atoms with Gasteiger partial charge in [0.15, 0.2) is 0 Å². The minimum absolute atomic E-state index is 0.544. The third-order valence-electron chi connectivity index (χ3n) is 15.6. The minimum atomic E-state index is 0.544. The van der Waals surface area contributed by atoms with E-state index < -0.39 is 0 Å². The lowest BCUT2D eigenvalue weighted by Gasteiger charge is -2.28. The van der Waals surface area contributed by atoms with Gasteiger partial charge in [0.05, 0.1) is 0 Å². The van der Waals surface area contributed by atoms with E-state index in [1.54, 1.807) is 0 Å². The van der Waals surface area contributed by atoms with Gasteiger partial charge in [-0.25, -0.2) is 0 Å². The van der Waals surface area contributed by atoms with Gasteiger partial charge in [0, 0.05) is 0 Å². The lowest BCUT2D eigenvalue weighted by Crippen LogP contribution is -2.16. The van der Waals surface area contributed by atoms with Crippen molar-refractivity contribution in [2.75, 3.05) is 0 Å². The smallest absolute Gasteiger partial charge is 0.0292 e. The lowest BCUT2D eigenvalue weighted by molar-refractivity contribution is 0.233. The minimum Gasteiger partial charge on any atom is -0.0651 e. The van der Waals surface area contributed by atoms with Gasteiger partial charge in [0.2, 0.25) is 0 Å². The zero-order chi connectivity index (χ0) is 59.7. The van der Waals surface area contributed by atoms with Gasteiger partial charge in [-0.2, -0.15) is 0 Å². The van der Waals surface area contributed by atoms with Crippen LogP contribution in [0.1, 0.15) is 358 Å². The summed E-state index contributed by atoms with van der Waals surface area (Å²) in [7, 11) is 0. The molecule has 1 aliphatic rings. The van der Waals surface area contributed by atoms with Gasteiger partial charge < -0.3 is 0 Å². The Morgan fingerprint density at radius 3 is 0.878 bits per heavy atom. The molecule has 0 aromatic carbocycles. The molecule has 2 unspecified atom stereocenters. The summed E-state index contributed by atoms with van der Waals surface area (Å²) in [4.78, 5) is 0. The second kappa shape index (κ2) is 50.0. The molecule has 0 nitrogen and oxygen atoms in total. The van der Waals surface area contributed by atoms with Crippen LogP contribution in [0.2, 0.25) is 0 Å². The van der Waals surface area contributed by atoms with Crippen molar-refractivity contribution in [3.63, 3.8) is 0 Å². The molecule has 456 valence electrons. The fraction of sp³-hybridized carbons (Fsp3) is 1.00. The summed E-state index contributed by atoms with van der Waals surface area (Å²) in [5.74, 6) is 16.8. The van der Waals surface area contributed by atoms with Crippen LogP contribution in [0.15, 0.2) is 0 Å². The molecule has 0 N–H and O–H groups in total. The van der Waals surface area contributed by atoms with Crippen LogP contribution >= 0.6 is 0 Å². The Kier molecular flexibility index (Phi) is 57.6. The fourth-order valence-electron chi connectivity index (χ4n) is 11.8. The van der Waals surface area contributed by atoms with E-state index in [9.17, 15) is 0 Å². The van der Waals surface area contributed by atoms with Crippen molar-refractivity contribution in [2.24, 2.45) is 123 Å². The molecule has 74 heavy (non-hydrogen) atoms. The zero-order valence-corrected chi connectivity index (χ0v) is 59.7. The van der Waals surface area contributed by atoms with Crippen molar-refractivity contribution in [2.45, 2.75) is 358 Å². The zero-order valence-electron chi connectivity index (χ0n) is 59.7. The quantitative estimate of drug-likeness (QED) is 0.0673. The highest BCUT2D eigenvalue weighted by Gasteiger charge is 2.42. The molecule has 0 aromatic heterocycles. The van der Waals surface area contributed by atoms with Gasteiger partial charge >= 0.3 is 0 Å². The predicted octanol–water partition coefficient (Wildman–Crippen LogP) is 27.3. The third-order valence-corrected chi connectivity index (χ3v) is 15.6. The Morgan fingerprint density at radius 1 is 0.324 bits per heavy atom. The van der Waals surface area contributed by atoms with Crippen LogP contribution in [0.3, 0.4) is 0 Å². The van der Waals surface area contributed by atoms with Gasteiger partial charge in [-0.1, -0.05) is 294 Å².